The SMILES string of the molecule is Cc1cc(C(CN)N(C)CC2CCN(C)C2)ccc1F. The van der Waals surface area contributed by atoms with Crippen LogP contribution < -0.4 is 5.73 Å². The van der Waals surface area contributed by atoms with Crippen LogP contribution in [-0.2, 0) is 0 Å². The van der Waals surface area contributed by atoms with Crippen molar-refractivity contribution in [2.45, 2.75) is 19.4 Å². The van der Waals surface area contributed by atoms with Gasteiger partial charge in [0.15, 0.2) is 0 Å². The number of halogens is 1. The van der Waals surface area contributed by atoms with Gasteiger partial charge >= 0.3 is 0 Å². The van der Waals surface area contributed by atoms with E-state index in [-0.39, 0.29) is 11.9 Å². The summed E-state index contributed by atoms with van der Waals surface area (Å²) in [6.07, 6.45) is 1.25. The van der Waals surface area contributed by atoms with Gasteiger partial charge in [-0.2, -0.15) is 0 Å². The van der Waals surface area contributed by atoms with Crippen molar-refractivity contribution in [2.75, 3.05) is 40.3 Å². The molecule has 0 bridgehead atoms. The molecular weight excluding hydrogens is 253 g/mol. The molecule has 1 heterocycles. The van der Waals surface area contributed by atoms with Crippen molar-refractivity contribution in [3.63, 3.8) is 0 Å². The van der Waals surface area contributed by atoms with Gasteiger partial charge in [-0.15, -0.1) is 0 Å². The second-order valence-electron chi connectivity index (χ2n) is 6.12. The minimum absolute atomic E-state index is 0.149. The third kappa shape index (κ3) is 3.57. The Morgan fingerprint density at radius 3 is 2.80 bits per heavy atom. The number of rotatable bonds is 5. The first-order chi connectivity index (χ1) is 9.51. The van der Waals surface area contributed by atoms with Crippen LogP contribution in [0.2, 0.25) is 0 Å². The van der Waals surface area contributed by atoms with Crippen molar-refractivity contribution in [3.05, 3.63) is 35.1 Å². The predicted octanol–water partition coefficient (Wildman–Crippen LogP) is 2.02. The molecule has 20 heavy (non-hydrogen) atoms. The highest BCUT2D eigenvalue weighted by atomic mass is 19.1. The Balaban J connectivity index is 2.04. The number of aryl methyl sites for hydroxylation is 1. The van der Waals surface area contributed by atoms with Gasteiger partial charge in [-0.25, -0.2) is 4.39 Å². The van der Waals surface area contributed by atoms with Crippen LogP contribution in [0.25, 0.3) is 0 Å². The van der Waals surface area contributed by atoms with Crippen LogP contribution in [0.5, 0.6) is 0 Å². The van der Waals surface area contributed by atoms with Crippen LogP contribution in [0, 0.1) is 18.7 Å². The maximum absolute atomic E-state index is 13.4. The lowest BCUT2D eigenvalue weighted by Crippen LogP contribution is -2.35. The second-order valence-corrected chi connectivity index (χ2v) is 6.12. The zero-order chi connectivity index (χ0) is 14.7. The van der Waals surface area contributed by atoms with E-state index in [1.54, 1.807) is 13.0 Å². The fourth-order valence-electron chi connectivity index (χ4n) is 3.16. The summed E-state index contributed by atoms with van der Waals surface area (Å²) in [5.74, 6) is 0.560. The standard InChI is InChI=1S/C16H26FN3/c1-12-8-14(4-5-15(12)17)16(9-18)20(3)11-13-6-7-19(2)10-13/h4-5,8,13,16H,6-7,9-11,18H2,1-3H3. The highest BCUT2D eigenvalue weighted by molar-refractivity contribution is 5.26. The molecule has 1 aliphatic rings. The summed E-state index contributed by atoms with van der Waals surface area (Å²) < 4.78 is 13.4. The van der Waals surface area contributed by atoms with E-state index in [1.807, 2.05) is 12.1 Å². The number of nitrogens with zero attached hydrogens (tertiary/aromatic N) is 2. The molecule has 3 nitrogen and oxygen atoms in total. The van der Waals surface area contributed by atoms with Gasteiger partial charge < -0.3 is 10.6 Å². The molecule has 0 saturated carbocycles. The predicted molar refractivity (Wildman–Crippen MR) is 81.2 cm³/mol. The Labute approximate surface area is 121 Å². The van der Waals surface area contributed by atoms with E-state index in [0.717, 1.165) is 18.7 Å². The van der Waals surface area contributed by atoms with Crippen LogP contribution in [0.3, 0.4) is 0 Å². The van der Waals surface area contributed by atoms with Gasteiger partial charge in [0.25, 0.3) is 0 Å². The van der Waals surface area contributed by atoms with Crippen molar-refractivity contribution in [1.29, 1.82) is 0 Å². The Morgan fingerprint density at radius 2 is 2.25 bits per heavy atom. The lowest BCUT2D eigenvalue weighted by molar-refractivity contribution is 0.211. The first-order valence-corrected chi connectivity index (χ1v) is 7.36. The lowest BCUT2D eigenvalue weighted by atomic mass is 10.0. The smallest absolute Gasteiger partial charge is 0.126 e. The summed E-state index contributed by atoms with van der Waals surface area (Å²) >= 11 is 0. The zero-order valence-electron chi connectivity index (χ0n) is 12.8. The normalized spacial score (nSPS) is 21.6. The molecule has 2 atom stereocenters. The maximum Gasteiger partial charge on any atom is 0.126 e. The molecular formula is C16H26FN3. The van der Waals surface area contributed by atoms with E-state index in [0.29, 0.717) is 18.0 Å². The van der Waals surface area contributed by atoms with E-state index in [1.165, 1.54) is 13.0 Å². The highest BCUT2D eigenvalue weighted by Crippen LogP contribution is 2.24. The van der Waals surface area contributed by atoms with Gasteiger partial charge in [-0.05, 0) is 57.1 Å². The highest BCUT2D eigenvalue weighted by Gasteiger charge is 2.24. The summed E-state index contributed by atoms with van der Waals surface area (Å²) in [6.45, 7) is 5.75. The average molecular weight is 279 g/mol. The van der Waals surface area contributed by atoms with Crippen molar-refractivity contribution >= 4 is 0 Å². The fourth-order valence-corrected chi connectivity index (χ4v) is 3.16. The molecule has 4 heteroatoms. The van der Waals surface area contributed by atoms with E-state index >= 15 is 0 Å². The van der Waals surface area contributed by atoms with Crippen molar-refractivity contribution in [1.82, 2.24) is 9.80 Å². The summed E-state index contributed by atoms with van der Waals surface area (Å²) in [7, 11) is 4.29. The molecule has 2 N–H and O–H groups in total. The van der Waals surface area contributed by atoms with Crippen LogP contribution in [-0.4, -0.2) is 50.1 Å². The van der Waals surface area contributed by atoms with Crippen LogP contribution >= 0.6 is 0 Å². The Kier molecular flexibility index (Phi) is 5.13. The molecule has 1 aromatic carbocycles. The third-order valence-electron chi connectivity index (χ3n) is 4.36. The minimum atomic E-state index is -0.149. The monoisotopic (exact) mass is 279 g/mol. The van der Waals surface area contributed by atoms with Crippen molar-refractivity contribution in [3.8, 4) is 0 Å². The zero-order valence-corrected chi connectivity index (χ0v) is 12.8. The number of hydrogen-bond donors (Lipinski definition) is 1. The van der Waals surface area contributed by atoms with E-state index in [9.17, 15) is 4.39 Å². The van der Waals surface area contributed by atoms with E-state index in [4.69, 9.17) is 5.73 Å². The molecule has 0 amide bonds. The summed E-state index contributed by atoms with van der Waals surface area (Å²) in [6, 6.07) is 5.49. The topological polar surface area (TPSA) is 32.5 Å². The van der Waals surface area contributed by atoms with Crippen LogP contribution in [0.15, 0.2) is 18.2 Å². The maximum atomic E-state index is 13.4. The molecule has 112 valence electrons. The van der Waals surface area contributed by atoms with E-state index < -0.39 is 0 Å². The first kappa shape index (κ1) is 15.4. The molecule has 0 spiro atoms. The number of likely N-dealkylation sites (N-methyl/N-ethyl adjacent to an activating group) is 1. The summed E-state index contributed by atoms with van der Waals surface area (Å²) in [4.78, 5) is 4.69. The quantitative estimate of drug-likeness (QED) is 0.895. The molecule has 2 unspecified atom stereocenters. The Hall–Kier alpha value is -0.970. The second kappa shape index (κ2) is 6.66. The number of nitrogens with two attached hydrogens (primary N) is 1. The Morgan fingerprint density at radius 1 is 1.50 bits per heavy atom. The molecule has 1 aromatic rings. The molecule has 1 aliphatic heterocycles. The van der Waals surface area contributed by atoms with Gasteiger partial charge in [-0.3, -0.25) is 4.90 Å². The van der Waals surface area contributed by atoms with Crippen LogP contribution in [0.1, 0.15) is 23.6 Å². The molecule has 0 aromatic heterocycles. The summed E-state index contributed by atoms with van der Waals surface area (Å²) in [5, 5.41) is 0. The van der Waals surface area contributed by atoms with Gasteiger partial charge in [-0.1, -0.05) is 12.1 Å². The van der Waals surface area contributed by atoms with Crippen molar-refractivity contribution in [2.24, 2.45) is 11.7 Å². The molecule has 2 rings (SSSR count). The van der Waals surface area contributed by atoms with Gasteiger partial charge in [0.1, 0.15) is 5.82 Å². The Bertz CT molecular complexity index is 449. The average Bonchev–Trinajstić information content (AvgIpc) is 2.80. The number of benzene rings is 1. The van der Waals surface area contributed by atoms with Crippen LogP contribution in [0.4, 0.5) is 4.39 Å². The molecule has 0 aliphatic carbocycles. The largest absolute Gasteiger partial charge is 0.329 e. The minimum Gasteiger partial charge on any atom is -0.329 e. The van der Waals surface area contributed by atoms with Gasteiger partial charge in [0.2, 0.25) is 0 Å². The molecule has 1 fully saturated rings. The first-order valence-electron chi connectivity index (χ1n) is 7.36. The number of hydrogen-bond acceptors (Lipinski definition) is 3. The van der Waals surface area contributed by atoms with Crippen molar-refractivity contribution < 1.29 is 4.39 Å². The molecule has 1 saturated heterocycles. The third-order valence-corrected chi connectivity index (χ3v) is 4.36. The van der Waals surface area contributed by atoms with Gasteiger partial charge in [0, 0.05) is 25.7 Å². The summed E-state index contributed by atoms with van der Waals surface area (Å²) in [5.41, 5.74) is 7.75. The lowest BCUT2D eigenvalue weighted by Gasteiger charge is -2.30. The molecule has 0 radical (unpaired) electrons. The number of likely N-dealkylation sites (tertiary alicyclic amines) is 1. The fraction of sp³-hybridized carbons (Fsp3) is 0.625. The van der Waals surface area contributed by atoms with Gasteiger partial charge in [0.05, 0.1) is 0 Å². The van der Waals surface area contributed by atoms with E-state index in [2.05, 4.69) is 23.9 Å².